The number of rotatable bonds is 6. The van der Waals surface area contributed by atoms with Gasteiger partial charge in [-0.15, -0.1) is 0 Å². The Morgan fingerprint density at radius 3 is 2.52 bits per heavy atom. The standard InChI is InChI=1S/C21H19ClF4N2O3/c1-11-6-7-13-16(27-11)4-3-5-17(13)28-19(20(30,10-29)21(24,25)26)14-8-12(22)9-15(23)18(14)31-2/h3-9,19,28-30H,10H2,1-2H3. The van der Waals surface area contributed by atoms with Crippen molar-refractivity contribution in [1.29, 1.82) is 0 Å². The van der Waals surface area contributed by atoms with Crippen molar-refractivity contribution >= 4 is 28.2 Å². The van der Waals surface area contributed by atoms with Crippen molar-refractivity contribution in [2.24, 2.45) is 0 Å². The Labute approximate surface area is 180 Å². The number of hydrogen-bond acceptors (Lipinski definition) is 5. The molecular weight excluding hydrogens is 440 g/mol. The van der Waals surface area contributed by atoms with E-state index in [0.717, 1.165) is 19.2 Å². The van der Waals surface area contributed by atoms with Crippen LogP contribution in [0.25, 0.3) is 10.9 Å². The summed E-state index contributed by atoms with van der Waals surface area (Å²) in [5.74, 6) is -1.57. The average Bonchev–Trinajstić information content (AvgIpc) is 2.69. The van der Waals surface area contributed by atoms with Gasteiger partial charge in [0.15, 0.2) is 11.6 Å². The molecule has 2 aromatic carbocycles. The highest BCUT2D eigenvalue weighted by molar-refractivity contribution is 6.30. The highest BCUT2D eigenvalue weighted by atomic mass is 35.5. The largest absolute Gasteiger partial charge is 0.493 e. The molecule has 0 amide bonds. The summed E-state index contributed by atoms with van der Waals surface area (Å²) < 4.78 is 61.1. The number of aromatic nitrogens is 1. The number of nitrogens with one attached hydrogen (secondary N) is 1. The van der Waals surface area contributed by atoms with Crippen molar-refractivity contribution in [2.75, 3.05) is 19.0 Å². The van der Waals surface area contributed by atoms with Crippen LogP contribution in [0.4, 0.5) is 23.2 Å². The number of anilines is 1. The van der Waals surface area contributed by atoms with E-state index in [1.54, 1.807) is 31.2 Å². The fraction of sp³-hybridized carbons (Fsp3) is 0.286. The normalized spacial score (nSPS) is 14.9. The molecule has 0 saturated carbocycles. The van der Waals surface area contributed by atoms with Crippen LogP contribution in [0.3, 0.4) is 0 Å². The number of benzene rings is 2. The number of hydrogen-bond donors (Lipinski definition) is 3. The highest BCUT2D eigenvalue weighted by Gasteiger charge is 2.59. The second-order valence-corrected chi connectivity index (χ2v) is 7.43. The molecule has 1 heterocycles. The minimum atomic E-state index is -5.29. The van der Waals surface area contributed by atoms with E-state index in [4.69, 9.17) is 16.3 Å². The molecule has 0 fully saturated rings. The highest BCUT2D eigenvalue weighted by Crippen LogP contribution is 2.46. The van der Waals surface area contributed by atoms with E-state index in [1.807, 2.05) is 0 Å². The summed E-state index contributed by atoms with van der Waals surface area (Å²) in [6, 6.07) is 7.88. The molecule has 3 rings (SSSR count). The number of alkyl halides is 3. The molecule has 31 heavy (non-hydrogen) atoms. The third kappa shape index (κ3) is 4.26. The van der Waals surface area contributed by atoms with Crippen molar-refractivity contribution in [3.8, 4) is 5.75 Å². The Morgan fingerprint density at radius 2 is 1.90 bits per heavy atom. The maximum absolute atomic E-state index is 14.4. The van der Waals surface area contributed by atoms with Crippen LogP contribution in [0.1, 0.15) is 17.3 Å². The Balaban J connectivity index is 2.27. The van der Waals surface area contributed by atoms with Gasteiger partial charge in [-0.1, -0.05) is 17.7 Å². The Morgan fingerprint density at radius 1 is 1.19 bits per heavy atom. The Kier molecular flexibility index (Phi) is 6.31. The van der Waals surface area contributed by atoms with Gasteiger partial charge in [0, 0.05) is 27.4 Å². The van der Waals surface area contributed by atoms with E-state index in [2.05, 4.69) is 10.3 Å². The van der Waals surface area contributed by atoms with Crippen molar-refractivity contribution in [1.82, 2.24) is 4.98 Å². The minimum Gasteiger partial charge on any atom is -0.493 e. The lowest BCUT2D eigenvalue weighted by Crippen LogP contribution is -2.55. The molecule has 166 valence electrons. The molecule has 0 aliphatic carbocycles. The fourth-order valence-electron chi connectivity index (χ4n) is 3.35. The van der Waals surface area contributed by atoms with Gasteiger partial charge in [0.1, 0.15) is 0 Å². The summed E-state index contributed by atoms with van der Waals surface area (Å²) in [6.07, 6.45) is -5.29. The number of methoxy groups -OCH3 is 1. The van der Waals surface area contributed by atoms with Crippen LogP contribution >= 0.6 is 11.6 Å². The third-order valence-electron chi connectivity index (χ3n) is 4.93. The maximum atomic E-state index is 14.4. The Hall–Kier alpha value is -2.62. The lowest BCUT2D eigenvalue weighted by atomic mass is 9.87. The second kappa shape index (κ2) is 8.49. The molecule has 0 bridgehead atoms. The van der Waals surface area contributed by atoms with Crippen LogP contribution in [0.5, 0.6) is 5.75 Å². The summed E-state index contributed by atoms with van der Waals surface area (Å²) in [5, 5.41) is 23.0. The van der Waals surface area contributed by atoms with E-state index in [-0.39, 0.29) is 10.7 Å². The topological polar surface area (TPSA) is 74.6 Å². The zero-order valence-corrected chi connectivity index (χ0v) is 17.2. The van der Waals surface area contributed by atoms with Crippen molar-refractivity contribution < 1.29 is 32.5 Å². The van der Waals surface area contributed by atoms with E-state index >= 15 is 0 Å². The number of aliphatic hydroxyl groups is 2. The van der Waals surface area contributed by atoms with Crippen LogP contribution < -0.4 is 10.1 Å². The number of pyridine rings is 1. The molecule has 0 aliphatic rings. The third-order valence-corrected chi connectivity index (χ3v) is 5.15. The smallest absolute Gasteiger partial charge is 0.421 e. The summed E-state index contributed by atoms with van der Waals surface area (Å²) >= 11 is 5.89. The van der Waals surface area contributed by atoms with Gasteiger partial charge in [0.2, 0.25) is 5.60 Å². The molecule has 3 N–H and O–H groups in total. The predicted molar refractivity (Wildman–Crippen MR) is 109 cm³/mol. The summed E-state index contributed by atoms with van der Waals surface area (Å²) in [4.78, 5) is 4.33. The molecule has 2 atom stereocenters. The SMILES string of the molecule is COc1c(F)cc(Cl)cc1C(Nc1cccc2nc(C)ccc12)C(O)(CO)C(F)(F)F. The molecule has 0 saturated heterocycles. The van der Waals surface area contributed by atoms with Gasteiger partial charge in [-0.05, 0) is 43.3 Å². The number of nitrogens with zero attached hydrogens (tertiary/aromatic N) is 1. The van der Waals surface area contributed by atoms with E-state index in [0.29, 0.717) is 16.6 Å². The second-order valence-electron chi connectivity index (χ2n) is 6.99. The van der Waals surface area contributed by atoms with Crippen LogP contribution in [-0.2, 0) is 0 Å². The van der Waals surface area contributed by atoms with Crippen LogP contribution in [0.15, 0.2) is 42.5 Å². The molecule has 5 nitrogen and oxygen atoms in total. The zero-order chi connectivity index (χ0) is 23.0. The molecule has 2 unspecified atom stereocenters. The van der Waals surface area contributed by atoms with Gasteiger partial charge >= 0.3 is 6.18 Å². The number of fused-ring (bicyclic) bond motifs is 1. The van der Waals surface area contributed by atoms with Crippen molar-refractivity contribution in [2.45, 2.75) is 24.7 Å². The van der Waals surface area contributed by atoms with Crippen molar-refractivity contribution in [3.05, 3.63) is 64.6 Å². The molecule has 0 spiro atoms. The molecular formula is C21H19ClF4N2O3. The van der Waals surface area contributed by atoms with E-state index < -0.39 is 41.6 Å². The minimum absolute atomic E-state index is 0.175. The molecule has 10 heteroatoms. The number of aliphatic hydroxyl groups excluding tert-OH is 1. The lowest BCUT2D eigenvalue weighted by Gasteiger charge is -2.38. The van der Waals surface area contributed by atoms with Gasteiger partial charge in [0.05, 0.1) is 25.3 Å². The Bertz CT molecular complexity index is 1110. The molecule has 0 radical (unpaired) electrons. The van der Waals surface area contributed by atoms with Crippen molar-refractivity contribution in [3.63, 3.8) is 0 Å². The monoisotopic (exact) mass is 458 g/mol. The van der Waals surface area contributed by atoms with E-state index in [9.17, 15) is 27.8 Å². The predicted octanol–water partition coefficient (Wildman–Crippen LogP) is 4.78. The first kappa shape index (κ1) is 23.1. The molecule has 3 aromatic rings. The number of aryl methyl sites for hydroxylation is 1. The fourth-order valence-corrected chi connectivity index (χ4v) is 3.56. The zero-order valence-electron chi connectivity index (χ0n) is 16.5. The quantitative estimate of drug-likeness (QED) is 0.463. The molecule has 1 aromatic heterocycles. The first-order valence-electron chi connectivity index (χ1n) is 9.07. The van der Waals surface area contributed by atoms with Crippen LogP contribution in [-0.4, -0.2) is 40.7 Å². The molecule has 0 aliphatic heterocycles. The van der Waals surface area contributed by atoms with Gasteiger partial charge in [-0.25, -0.2) is 4.39 Å². The number of ether oxygens (including phenoxy) is 1. The van der Waals surface area contributed by atoms with Gasteiger partial charge in [-0.3, -0.25) is 4.98 Å². The maximum Gasteiger partial charge on any atom is 0.421 e. The first-order valence-corrected chi connectivity index (χ1v) is 9.45. The van der Waals surface area contributed by atoms with Gasteiger partial charge in [-0.2, -0.15) is 13.2 Å². The average molecular weight is 459 g/mol. The van der Waals surface area contributed by atoms with E-state index in [1.165, 1.54) is 6.07 Å². The van der Waals surface area contributed by atoms with Crippen LogP contribution in [0.2, 0.25) is 5.02 Å². The summed E-state index contributed by atoms with van der Waals surface area (Å²) in [7, 11) is 1.07. The summed E-state index contributed by atoms with van der Waals surface area (Å²) in [5.41, 5.74) is -2.75. The summed E-state index contributed by atoms with van der Waals surface area (Å²) in [6.45, 7) is 0.0592. The van der Waals surface area contributed by atoms with Gasteiger partial charge in [0.25, 0.3) is 0 Å². The van der Waals surface area contributed by atoms with Crippen LogP contribution in [0, 0.1) is 12.7 Å². The first-order chi connectivity index (χ1) is 14.5. The number of halogens is 5. The van der Waals surface area contributed by atoms with Gasteiger partial charge < -0.3 is 20.3 Å². The lowest BCUT2D eigenvalue weighted by molar-refractivity contribution is -0.277.